The summed E-state index contributed by atoms with van der Waals surface area (Å²) >= 11 is 0. The van der Waals surface area contributed by atoms with Crippen LogP contribution in [0.5, 0.6) is 5.75 Å². The summed E-state index contributed by atoms with van der Waals surface area (Å²) in [6.45, 7) is 6.87. The van der Waals surface area contributed by atoms with Crippen molar-refractivity contribution in [3.8, 4) is 5.75 Å². The quantitative estimate of drug-likeness (QED) is 0.745. The molecule has 6 heteroatoms. The maximum atomic E-state index is 12.0. The van der Waals surface area contributed by atoms with Crippen LogP contribution in [-0.2, 0) is 4.74 Å². The van der Waals surface area contributed by atoms with Gasteiger partial charge in [0.25, 0.3) is 0 Å². The van der Waals surface area contributed by atoms with Crippen LogP contribution in [-0.4, -0.2) is 52.0 Å². The number of carbonyl (C=O) groups is 1. The molecule has 1 heterocycles. The molecule has 2 rings (SSSR count). The largest absolute Gasteiger partial charge is 0.508 e. The van der Waals surface area contributed by atoms with Crippen molar-refractivity contribution in [2.75, 3.05) is 25.0 Å². The number of hydrogen-bond donors (Lipinski definition) is 3. The minimum Gasteiger partial charge on any atom is -0.508 e. The minimum absolute atomic E-state index is 0.208. The van der Waals surface area contributed by atoms with Crippen molar-refractivity contribution in [3.05, 3.63) is 24.3 Å². The second kappa shape index (κ2) is 6.66. The molecular weight excluding hydrogens is 296 g/mol. The summed E-state index contributed by atoms with van der Waals surface area (Å²) in [4.78, 5) is 13.7. The van der Waals surface area contributed by atoms with Gasteiger partial charge in [0.15, 0.2) is 0 Å². The fourth-order valence-corrected chi connectivity index (χ4v) is 2.45. The van der Waals surface area contributed by atoms with Gasteiger partial charge in [-0.2, -0.15) is 0 Å². The van der Waals surface area contributed by atoms with Gasteiger partial charge >= 0.3 is 6.09 Å². The number of amides is 1. The van der Waals surface area contributed by atoms with E-state index in [9.17, 15) is 15.0 Å². The number of rotatable bonds is 3. The number of nitrogens with one attached hydrogen (secondary N) is 1. The Morgan fingerprint density at radius 1 is 1.26 bits per heavy atom. The van der Waals surface area contributed by atoms with Crippen molar-refractivity contribution < 1.29 is 19.7 Å². The molecule has 1 aromatic carbocycles. The zero-order chi connectivity index (χ0) is 17.1. The molecule has 6 nitrogen and oxygen atoms in total. The normalized spacial score (nSPS) is 17.7. The first-order valence-corrected chi connectivity index (χ1v) is 7.90. The van der Waals surface area contributed by atoms with Crippen molar-refractivity contribution >= 4 is 11.8 Å². The lowest BCUT2D eigenvalue weighted by molar-refractivity contribution is -0.0244. The number of likely N-dealkylation sites (tertiary alicyclic amines) is 1. The number of carbonyl (C=O) groups excluding carboxylic acids is 1. The van der Waals surface area contributed by atoms with Crippen LogP contribution in [0.4, 0.5) is 10.5 Å². The number of phenols is 1. The number of ether oxygens (including phenoxy) is 1. The average molecular weight is 322 g/mol. The first-order valence-electron chi connectivity index (χ1n) is 7.90. The third-order valence-electron chi connectivity index (χ3n) is 3.83. The highest BCUT2D eigenvalue weighted by Crippen LogP contribution is 2.24. The predicted octanol–water partition coefficient (Wildman–Crippen LogP) is 2.57. The standard InChI is InChI=1S/C17H26N2O4/c1-16(2,3)23-15(21)19-10-8-17(22,9-11-19)12-18-13-4-6-14(20)7-5-13/h4-7,18,20,22H,8-12H2,1-3H3. The first-order chi connectivity index (χ1) is 10.7. The van der Waals surface area contributed by atoms with Crippen LogP contribution in [0.1, 0.15) is 33.6 Å². The number of aromatic hydroxyl groups is 1. The van der Waals surface area contributed by atoms with Crippen LogP contribution < -0.4 is 5.32 Å². The van der Waals surface area contributed by atoms with E-state index in [1.165, 1.54) is 0 Å². The Labute approximate surface area is 137 Å². The van der Waals surface area contributed by atoms with E-state index < -0.39 is 11.2 Å². The molecule has 0 unspecified atom stereocenters. The van der Waals surface area contributed by atoms with E-state index in [0.717, 1.165) is 5.69 Å². The number of phenolic OH excluding ortho intramolecular Hbond substituents is 1. The Balaban J connectivity index is 1.82. The minimum atomic E-state index is -0.851. The summed E-state index contributed by atoms with van der Waals surface area (Å²) in [7, 11) is 0. The smallest absolute Gasteiger partial charge is 0.410 e. The number of aliphatic hydroxyl groups is 1. The highest BCUT2D eigenvalue weighted by atomic mass is 16.6. The van der Waals surface area contributed by atoms with Crippen molar-refractivity contribution in [2.45, 2.75) is 44.8 Å². The van der Waals surface area contributed by atoms with Crippen LogP contribution in [0.15, 0.2) is 24.3 Å². The number of anilines is 1. The topological polar surface area (TPSA) is 82.0 Å². The van der Waals surface area contributed by atoms with E-state index in [4.69, 9.17) is 4.74 Å². The van der Waals surface area contributed by atoms with Gasteiger partial charge in [-0.05, 0) is 57.9 Å². The third-order valence-corrected chi connectivity index (χ3v) is 3.83. The summed E-state index contributed by atoms with van der Waals surface area (Å²) in [6, 6.07) is 6.71. The van der Waals surface area contributed by atoms with E-state index in [0.29, 0.717) is 32.5 Å². The fraction of sp³-hybridized carbons (Fsp3) is 0.588. The molecule has 23 heavy (non-hydrogen) atoms. The summed E-state index contributed by atoms with van der Waals surface area (Å²) in [6.07, 6.45) is 0.667. The fourth-order valence-electron chi connectivity index (χ4n) is 2.45. The molecule has 0 saturated carbocycles. The molecule has 0 spiro atoms. The van der Waals surface area contributed by atoms with Gasteiger partial charge in [-0.25, -0.2) is 4.79 Å². The number of benzene rings is 1. The average Bonchev–Trinajstić information content (AvgIpc) is 2.46. The highest BCUT2D eigenvalue weighted by Gasteiger charge is 2.35. The van der Waals surface area contributed by atoms with Crippen molar-refractivity contribution in [2.24, 2.45) is 0 Å². The third kappa shape index (κ3) is 5.32. The predicted molar refractivity (Wildman–Crippen MR) is 88.6 cm³/mol. The van der Waals surface area contributed by atoms with E-state index in [-0.39, 0.29) is 11.8 Å². The van der Waals surface area contributed by atoms with Crippen molar-refractivity contribution in [1.29, 1.82) is 0 Å². The Morgan fingerprint density at radius 2 is 1.83 bits per heavy atom. The summed E-state index contributed by atoms with van der Waals surface area (Å²) in [5.41, 5.74) is -0.521. The summed E-state index contributed by atoms with van der Waals surface area (Å²) < 4.78 is 5.35. The number of piperidine rings is 1. The van der Waals surface area contributed by atoms with Gasteiger partial charge in [0.05, 0.1) is 5.60 Å². The molecule has 1 aromatic rings. The maximum Gasteiger partial charge on any atom is 0.410 e. The Hall–Kier alpha value is -1.95. The second-order valence-electron chi connectivity index (χ2n) is 7.09. The lowest BCUT2D eigenvalue weighted by Crippen LogP contribution is -2.50. The van der Waals surface area contributed by atoms with Crippen LogP contribution in [0.25, 0.3) is 0 Å². The second-order valence-corrected chi connectivity index (χ2v) is 7.09. The zero-order valence-electron chi connectivity index (χ0n) is 14.0. The lowest BCUT2D eigenvalue weighted by atomic mass is 9.91. The van der Waals surface area contributed by atoms with Gasteiger partial charge in [-0.1, -0.05) is 0 Å². The molecule has 3 N–H and O–H groups in total. The van der Waals surface area contributed by atoms with E-state index in [2.05, 4.69) is 5.32 Å². The van der Waals surface area contributed by atoms with Gasteiger partial charge in [0.2, 0.25) is 0 Å². The van der Waals surface area contributed by atoms with E-state index in [1.807, 2.05) is 20.8 Å². The van der Waals surface area contributed by atoms with E-state index in [1.54, 1.807) is 29.2 Å². The molecule has 0 bridgehead atoms. The molecule has 1 fully saturated rings. The SMILES string of the molecule is CC(C)(C)OC(=O)N1CCC(O)(CNc2ccc(O)cc2)CC1. The Bertz CT molecular complexity index is 529. The van der Waals surface area contributed by atoms with Crippen molar-refractivity contribution in [3.63, 3.8) is 0 Å². The number of nitrogens with zero attached hydrogens (tertiary/aromatic N) is 1. The molecule has 0 atom stereocenters. The highest BCUT2D eigenvalue weighted by molar-refractivity contribution is 5.68. The van der Waals surface area contributed by atoms with Gasteiger partial charge in [-0.3, -0.25) is 0 Å². The summed E-state index contributed by atoms with van der Waals surface area (Å²) in [5, 5.41) is 23.1. The van der Waals surface area contributed by atoms with Gasteiger partial charge in [-0.15, -0.1) is 0 Å². The first kappa shape index (κ1) is 17.4. The van der Waals surface area contributed by atoms with Gasteiger partial charge in [0, 0.05) is 25.3 Å². The molecule has 0 radical (unpaired) electrons. The number of hydrogen-bond acceptors (Lipinski definition) is 5. The molecule has 1 saturated heterocycles. The van der Waals surface area contributed by atoms with E-state index >= 15 is 0 Å². The zero-order valence-corrected chi connectivity index (χ0v) is 14.0. The van der Waals surface area contributed by atoms with Gasteiger partial charge < -0.3 is 25.2 Å². The van der Waals surface area contributed by atoms with Gasteiger partial charge in [0.1, 0.15) is 11.4 Å². The molecule has 1 amide bonds. The molecule has 1 aliphatic rings. The van der Waals surface area contributed by atoms with Crippen molar-refractivity contribution in [1.82, 2.24) is 4.90 Å². The molecule has 0 aromatic heterocycles. The molecule has 0 aliphatic carbocycles. The Morgan fingerprint density at radius 3 is 2.35 bits per heavy atom. The Kier molecular flexibility index (Phi) is 5.04. The van der Waals surface area contributed by atoms with Crippen LogP contribution in [0.2, 0.25) is 0 Å². The lowest BCUT2D eigenvalue weighted by Gasteiger charge is -2.38. The maximum absolute atomic E-state index is 12.0. The van der Waals surface area contributed by atoms with Crippen LogP contribution in [0.3, 0.4) is 0 Å². The monoisotopic (exact) mass is 322 g/mol. The molecule has 128 valence electrons. The molecule has 1 aliphatic heterocycles. The van der Waals surface area contributed by atoms with Crippen LogP contribution >= 0.6 is 0 Å². The van der Waals surface area contributed by atoms with Crippen LogP contribution in [0, 0.1) is 0 Å². The molecular formula is C17H26N2O4. The summed E-state index contributed by atoms with van der Waals surface area (Å²) in [5.74, 6) is 0.208.